The lowest BCUT2D eigenvalue weighted by atomic mass is 9.71. The first-order valence-corrected chi connectivity index (χ1v) is 33.3. The smallest absolute Gasteiger partial charge is 0.318 e. The van der Waals surface area contributed by atoms with Crippen LogP contribution >= 0.6 is 0 Å². The minimum atomic E-state index is -0.695. The third-order valence-corrected chi connectivity index (χ3v) is 21.2. The summed E-state index contributed by atoms with van der Waals surface area (Å²) in [6.45, 7) is 6.73. The number of nitrogens with one attached hydrogen (secondary N) is 2. The molecule has 11 N–H and O–H groups in total. The number of carbonyl (C=O) groups is 2. The lowest BCUT2D eigenvalue weighted by Gasteiger charge is -2.45. The third-order valence-electron chi connectivity index (χ3n) is 21.2. The van der Waals surface area contributed by atoms with E-state index in [0.29, 0.717) is 55.1 Å². The number of fused-ring (bicyclic) bond motifs is 20. The number of nitro benzene ring substituents is 2. The van der Waals surface area contributed by atoms with E-state index in [0.717, 1.165) is 120 Å². The maximum absolute atomic E-state index is 12.2. The quantitative estimate of drug-likeness (QED) is 0.0435. The molecule has 508 valence electrons. The highest BCUT2D eigenvalue weighted by Gasteiger charge is 2.46. The fourth-order valence-corrected chi connectivity index (χ4v) is 16.8. The lowest BCUT2D eigenvalue weighted by Crippen LogP contribution is -2.48. The zero-order valence-corrected chi connectivity index (χ0v) is 54.2. The van der Waals surface area contributed by atoms with Gasteiger partial charge in [0.2, 0.25) is 23.3 Å². The van der Waals surface area contributed by atoms with Crippen LogP contribution < -0.4 is 10.6 Å². The van der Waals surface area contributed by atoms with Gasteiger partial charge >= 0.3 is 11.4 Å². The molecule has 8 aromatic rings. The number of aromatic hydroxyl groups is 8. The van der Waals surface area contributed by atoms with Crippen molar-refractivity contribution in [1.82, 2.24) is 20.4 Å². The molecule has 5 aliphatic heterocycles. The summed E-state index contributed by atoms with van der Waals surface area (Å²) in [5.74, 6) is -2.42. The van der Waals surface area contributed by atoms with Gasteiger partial charge in [-0.15, -0.1) is 0 Å². The number of nitro groups is 2. The Balaban J connectivity index is 0.000000114. The van der Waals surface area contributed by atoms with Crippen molar-refractivity contribution in [3.63, 3.8) is 0 Å². The number of amides is 2. The van der Waals surface area contributed by atoms with E-state index < -0.39 is 44.8 Å². The van der Waals surface area contributed by atoms with Crippen molar-refractivity contribution in [3.05, 3.63) is 243 Å². The van der Waals surface area contributed by atoms with E-state index in [1.54, 1.807) is 36.1 Å². The number of rotatable bonds is 2. The highest BCUT2D eigenvalue weighted by atomic mass is 16.6. The van der Waals surface area contributed by atoms with Gasteiger partial charge in [0.05, 0.1) is 9.85 Å². The second-order valence-corrected chi connectivity index (χ2v) is 26.6. The number of nitrogens with zero attached hydrogens (tertiary/aromatic N) is 4. The van der Waals surface area contributed by atoms with Crippen LogP contribution in [-0.2, 0) is 66.2 Å². The Morgan fingerprint density at radius 1 is 0.439 bits per heavy atom. The van der Waals surface area contributed by atoms with Gasteiger partial charge in [-0.2, -0.15) is 0 Å². The molecule has 4 aliphatic carbocycles. The van der Waals surface area contributed by atoms with Crippen molar-refractivity contribution in [1.29, 1.82) is 0 Å². The number of aliphatic hydroxyl groups excluding tert-OH is 1. The number of ether oxygens (including phenoxy) is 1. The molecule has 1 saturated heterocycles. The van der Waals surface area contributed by atoms with Crippen LogP contribution in [0.2, 0.25) is 0 Å². The molecule has 0 spiro atoms. The van der Waals surface area contributed by atoms with Gasteiger partial charge in [-0.1, -0.05) is 97.1 Å². The van der Waals surface area contributed by atoms with Gasteiger partial charge in [0.25, 0.3) is 0 Å². The Kier molecular flexibility index (Phi) is 18.5. The zero-order valence-electron chi connectivity index (χ0n) is 54.2. The van der Waals surface area contributed by atoms with Crippen LogP contribution in [0.15, 0.2) is 133 Å². The maximum Gasteiger partial charge on any atom is 0.318 e. The second kappa shape index (κ2) is 27.3. The first kappa shape index (κ1) is 66.4. The minimum absolute atomic E-state index is 0.0146. The van der Waals surface area contributed by atoms with Gasteiger partial charge in [0, 0.05) is 112 Å². The van der Waals surface area contributed by atoms with E-state index in [1.807, 2.05) is 65.6 Å². The summed E-state index contributed by atoms with van der Waals surface area (Å²) >= 11 is 0. The van der Waals surface area contributed by atoms with Crippen LogP contribution in [0.25, 0.3) is 0 Å². The van der Waals surface area contributed by atoms with Crippen LogP contribution in [0.3, 0.4) is 0 Å². The molecule has 17 rings (SSSR count). The van der Waals surface area contributed by atoms with Gasteiger partial charge in [-0.05, 0) is 172 Å². The Morgan fingerprint density at radius 2 is 0.796 bits per heavy atom. The standard InChI is InChI=1S/C19H18N2O5.C19H19NO3.C17H16N2O4.C17H17NO2.C4H8O2/c1-10(22)20-9-11-4-2-3-5-12(11)17-14-8-16(23)19(24)18(21(25)26)13(14)6-7-15(17)20;1-11(21)20-10-13-4-2-3-5-14(13)19-15-9-18(23)17(22)8-12(15)6-7-16(19)20;20-14-7-12-11(16(17(14)21)19(22)23)5-6-13-15(12)10-4-2-1-3-9(10)8-18-13;19-15-7-10-5-6-14-17(13(10)8-16(15)20)12-4-2-1-3-11(12)9-18-14;5-4-2-1-3-6-4/h2-5,8,15,17,23-24H,6-7,9H2,1H3;2-5,8-9,16,19,22-23H,6-7,10H2,1H3;1-4,7,13,15,18,20-21H,5-6,8H2;1-4,7-8,14,17-20H,5-6,9H2;4-5H,1-3H2/t15-,17-;16-,19-;13-,15-;14-,17-;/m0000./s1. The molecule has 1 fully saturated rings. The van der Waals surface area contributed by atoms with Gasteiger partial charge in [-0.3, -0.25) is 29.8 Å². The van der Waals surface area contributed by atoms with E-state index in [1.165, 1.54) is 35.7 Å². The number of phenolic OH excluding ortho intramolecular Hbond substituents is 8. The summed E-state index contributed by atoms with van der Waals surface area (Å²) in [4.78, 5) is 49.7. The molecule has 0 aromatic heterocycles. The molecule has 5 heterocycles. The monoisotopic (exact) mass is 1330 g/mol. The number of aliphatic hydroxyl groups is 1. The number of carbonyl (C=O) groups excluding carboxylic acids is 2. The molecule has 0 radical (unpaired) electrons. The molecule has 22 nitrogen and oxygen atoms in total. The number of hydrogen-bond acceptors (Lipinski definition) is 18. The SMILES string of the molecule is CC(=O)N1Cc2ccccc2[C@H]2c3cc(O)c(O)c([N+](=O)[O-])c3CC[C@@H]21.CC(=O)N1Cc2ccccc2[C@H]2c3cc(O)c(O)cc3CC[C@@H]21.O=[N+]([O-])c1c(O)c(O)cc2c1CC[C@@H]1NCc3ccccc3[C@@H]21.OC1CCCO1.Oc1cc2c(cc1O)[C@@H]1c3ccccc3CN[C@H]1CC2. The van der Waals surface area contributed by atoms with Crippen LogP contribution in [0.1, 0.15) is 165 Å². The Morgan fingerprint density at radius 3 is 1.22 bits per heavy atom. The molecule has 2 amide bonds. The van der Waals surface area contributed by atoms with Crippen LogP contribution in [0.5, 0.6) is 46.0 Å². The molecule has 1 unspecified atom stereocenters. The van der Waals surface area contributed by atoms with E-state index in [9.17, 15) is 70.7 Å². The van der Waals surface area contributed by atoms with Crippen LogP contribution in [-0.4, -0.2) is 114 Å². The van der Waals surface area contributed by atoms with E-state index in [-0.39, 0.29) is 82.3 Å². The Hall–Kier alpha value is -10.3. The lowest BCUT2D eigenvalue weighted by molar-refractivity contribution is -0.386. The van der Waals surface area contributed by atoms with E-state index in [4.69, 9.17) is 9.84 Å². The molecular weight excluding hydrogens is 1250 g/mol. The van der Waals surface area contributed by atoms with Gasteiger partial charge in [0.1, 0.15) is 0 Å². The summed E-state index contributed by atoms with van der Waals surface area (Å²) in [5, 5.41) is 118. The highest BCUT2D eigenvalue weighted by molar-refractivity contribution is 5.76. The van der Waals surface area contributed by atoms with Crippen molar-refractivity contribution in [2.24, 2.45) is 0 Å². The normalized spacial score (nSPS) is 22.7. The second-order valence-electron chi connectivity index (χ2n) is 26.6. The first-order chi connectivity index (χ1) is 47.2. The first-order valence-electron chi connectivity index (χ1n) is 33.3. The molecule has 98 heavy (non-hydrogen) atoms. The summed E-state index contributed by atoms with van der Waals surface area (Å²) in [7, 11) is 0. The molecule has 9 atom stereocenters. The summed E-state index contributed by atoms with van der Waals surface area (Å²) in [6, 6.07) is 42.7. The molecule has 0 bridgehead atoms. The molecule has 22 heteroatoms. The Labute approximate surface area is 565 Å². The van der Waals surface area contributed by atoms with E-state index >= 15 is 0 Å². The highest BCUT2D eigenvalue weighted by Crippen LogP contribution is 2.54. The van der Waals surface area contributed by atoms with Gasteiger partial charge in [0.15, 0.2) is 40.8 Å². The van der Waals surface area contributed by atoms with Gasteiger partial charge < -0.3 is 71.1 Å². The topological polar surface area (TPSA) is 342 Å². The fourth-order valence-electron chi connectivity index (χ4n) is 16.8. The number of phenols is 8. The molecule has 8 aromatic carbocycles. The zero-order chi connectivity index (χ0) is 69.0. The fraction of sp³-hybridized carbons (Fsp3) is 0.342. The molecular formula is C76H78N6O16. The summed E-state index contributed by atoms with van der Waals surface area (Å²) in [6.07, 6.45) is 7.27. The minimum Gasteiger partial charge on any atom is -0.504 e. The average molecular weight is 1330 g/mol. The summed E-state index contributed by atoms with van der Waals surface area (Å²) < 4.78 is 4.71. The van der Waals surface area contributed by atoms with Crippen molar-refractivity contribution in [3.8, 4) is 46.0 Å². The largest absolute Gasteiger partial charge is 0.504 e. The van der Waals surface area contributed by atoms with E-state index in [2.05, 4.69) is 47.0 Å². The number of benzene rings is 8. The molecule has 9 aliphatic rings. The average Bonchev–Trinajstić information content (AvgIpc) is 0.768. The van der Waals surface area contributed by atoms with Crippen molar-refractivity contribution >= 4 is 23.2 Å². The maximum atomic E-state index is 12.2. The van der Waals surface area contributed by atoms with Gasteiger partial charge in [-0.25, -0.2) is 0 Å². The van der Waals surface area contributed by atoms with Crippen LogP contribution in [0.4, 0.5) is 11.4 Å². The number of hydrogen-bond donors (Lipinski definition) is 11. The number of aryl methyl sites for hydroxylation is 2. The van der Waals surface area contributed by atoms with Crippen molar-refractivity contribution in [2.45, 2.75) is 158 Å². The Bertz CT molecular complexity index is 4460. The van der Waals surface area contributed by atoms with Crippen molar-refractivity contribution in [2.75, 3.05) is 6.61 Å². The molecule has 0 saturated carbocycles. The summed E-state index contributed by atoms with van der Waals surface area (Å²) in [5.41, 5.74) is 15.3. The predicted octanol–water partition coefficient (Wildman–Crippen LogP) is 11.0. The third kappa shape index (κ3) is 12.4. The van der Waals surface area contributed by atoms with Crippen LogP contribution in [0, 0.1) is 20.2 Å². The van der Waals surface area contributed by atoms with Crippen molar-refractivity contribution < 1.29 is 70.1 Å². The predicted molar refractivity (Wildman–Crippen MR) is 361 cm³/mol.